The van der Waals surface area contributed by atoms with E-state index in [1.807, 2.05) is 30.3 Å². The Morgan fingerprint density at radius 2 is 1.73 bits per heavy atom. The number of nitrogens with one attached hydrogen (secondary N) is 1. The average Bonchev–Trinajstić information content (AvgIpc) is 2.66. The van der Waals surface area contributed by atoms with Crippen molar-refractivity contribution in [1.29, 1.82) is 0 Å². The Morgan fingerprint density at radius 3 is 2.42 bits per heavy atom. The SMILES string of the molecule is COc1ncc(-c2cccc(C(F)(F)F)c2)cc1CNc1ccccc1. The van der Waals surface area contributed by atoms with E-state index in [2.05, 4.69) is 10.3 Å². The molecule has 0 saturated heterocycles. The number of ether oxygens (including phenoxy) is 1. The molecule has 26 heavy (non-hydrogen) atoms. The number of pyridine rings is 1. The van der Waals surface area contributed by atoms with Crippen LogP contribution in [0.3, 0.4) is 0 Å². The summed E-state index contributed by atoms with van der Waals surface area (Å²) in [6.45, 7) is 0.437. The lowest BCUT2D eigenvalue weighted by Crippen LogP contribution is -2.05. The van der Waals surface area contributed by atoms with Crippen LogP contribution in [-0.4, -0.2) is 12.1 Å². The molecule has 0 fully saturated rings. The molecule has 0 aliphatic rings. The highest BCUT2D eigenvalue weighted by Gasteiger charge is 2.30. The maximum atomic E-state index is 12.9. The Morgan fingerprint density at radius 1 is 0.962 bits per heavy atom. The molecule has 3 nitrogen and oxygen atoms in total. The van der Waals surface area contributed by atoms with Crippen molar-refractivity contribution in [3.63, 3.8) is 0 Å². The molecule has 1 aromatic heterocycles. The molecule has 0 spiro atoms. The molecule has 0 atom stereocenters. The van der Waals surface area contributed by atoms with E-state index in [0.29, 0.717) is 23.6 Å². The van der Waals surface area contributed by atoms with Gasteiger partial charge in [0.2, 0.25) is 5.88 Å². The fraction of sp³-hybridized carbons (Fsp3) is 0.150. The number of para-hydroxylation sites is 1. The summed E-state index contributed by atoms with van der Waals surface area (Å²) in [6.07, 6.45) is -2.87. The summed E-state index contributed by atoms with van der Waals surface area (Å²) in [4.78, 5) is 4.23. The van der Waals surface area contributed by atoms with Crippen molar-refractivity contribution in [2.24, 2.45) is 0 Å². The van der Waals surface area contributed by atoms with E-state index >= 15 is 0 Å². The summed E-state index contributed by atoms with van der Waals surface area (Å²) in [5.41, 5.74) is 2.05. The van der Waals surface area contributed by atoms with Crippen molar-refractivity contribution in [3.8, 4) is 17.0 Å². The number of anilines is 1. The van der Waals surface area contributed by atoms with Crippen LogP contribution in [0.1, 0.15) is 11.1 Å². The Bertz CT molecular complexity index is 880. The van der Waals surface area contributed by atoms with Crippen LogP contribution in [-0.2, 0) is 12.7 Å². The van der Waals surface area contributed by atoms with Crippen molar-refractivity contribution < 1.29 is 17.9 Å². The standard InChI is InChI=1S/C20H17F3N2O/c1-26-19-16(13-24-18-8-3-2-4-9-18)10-15(12-25-19)14-6-5-7-17(11-14)20(21,22)23/h2-12,24H,13H2,1H3. The fourth-order valence-corrected chi connectivity index (χ4v) is 2.59. The van der Waals surface area contributed by atoms with Gasteiger partial charge < -0.3 is 10.1 Å². The molecule has 2 aromatic carbocycles. The lowest BCUT2D eigenvalue weighted by molar-refractivity contribution is -0.137. The second-order valence-corrected chi connectivity index (χ2v) is 5.69. The molecule has 6 heteroatoms. The number of aromatic nitrogens is 1. The van der Waals surface area contributed by atoms with E-state index in [4.69, 9.17) is 4.74 Å². The van der Waals surface area contributed by atoms with Crippen LogP contribution in [0.5, 0.6) is 5.88 Å². The first-order valence-electron chi connectivity index (χ1n) is 7.97. The Hall–Kier alpha value is -3.02. The monoisotopic (exact) mass is 358 g/mol. The van der Waals surface area contributed by atoms with Gasteiger partial charge in [0.25, 0.3) is 0 Å². The lowest BCUT2D eigenvalue weighted by Gasteiger charge is -2.13. The van der Waals surface area contributed by atoms with Crippen LogP contribution in [0.25, 0.3) is 11.1 Å². The molecular weight excluding hydrogens is 341 g/mol. The van der Waals surface area contributed by atoms with Gasteiger partial charge in [-0.05, 0) is 35.9 Å². The highest BCUT2D eigenvalue weighted by atomic mass is 19.4. The van der Waals surface area contributed by atoms with Gasteiger partial charge in [-0.1, -0.05) is 30.3 Å². The molecule has 1 N–H and O–H groups in total. The minimum absolute atomic E-state index is 0.434. The molecule has 0 amide bonds. The van der Waals surface area contributed by atoms with E-state index in [0.717, 1.165) is 23.4 Å². The number of rotatable bonds is 5. The highest BCUT2D eigenvalue weighted by molar-refractivity contribution is 5.65. The third-order valence-corrected chi connectivity index (χ3v) is 3.90. The van der Waals surface area contributed by atoms with Crippen LogP contribution in [0.2, 0.25) is 0 Å². The third kappa shape index (κ3) is 4.14. The average molecular weight is 358 g/mol. The molecule has 0 bridgehead atoms. The predicted molar refractivity (Wildman–Crippen MR) is 95.0 cm³/mol. The van der Waals surface area contributed by atoms with Gasteiger partial charge in [-0.2, -0.15) is 13.2 Å². The summed E-state index contributed by atoms with van der Waals surface area (Å²) in [6, 6.07) is 16.6. The second kappa shape index (κ2) is 7.47. The van der Waals surface area contributed by atoms with Crippen molar-refractivity contribution >= 4 is 5.69 Å². The smallest absolute Gasteiger partial charge is 0.416 e. The van der Waals surface area contributed by atoms with E-state index < -0.39 is 11.7 Å². The summed E-state index contributed by atoms with van der Waals surface area (Å²) in [7, 11) is 1.51. The second-order valence-electron chi connectivity index (χ2n) is 5.69. The summed E-state index contributed by atoms with van der Waals surface area (Å²) >= 11 is 0. The van der Waals surface area contributed by atoms with Crippen LogP contribution >= 0.6 is 0 Å². The van der Waals surface area contributed by atoms with Gasteiger partial charge in [-0.15, -0.1) is 0 Å². The van der Waals surface area contributed by atoms with Gasteiger partial charge in [0.05, 0.1) is 12.7 Å². The molecule has 0 aliphatic carbocycles. The third-order valence-electron chi connectivity index (χ3n) is 3.90. The molecule has 3 rings (SSSR count). The van der Waals surface area contributed by atoms with Crippen molar-refractivity contribution in [2.75, 3.05) is 12.4 Å². The Kier molecular flexibility index (Phi) is 5.11. The van der Waals surface area contributed by atoms with Crippen molar-refractivity contribution in [2.45, 2.75) is 12.7 Å². The zero-order valence-electron chi connectivity index (χ0n) is 14.0. The number of nitrogens with zero attached hydrogens (tertiary/aromatic N) is 1. The van der Waals surface area contributed by atoms with E-state index in [9.17, 15) is 13.2 Å². The van der Waals surface area contributed by atoms with Crippen LogP contribution in [0, 0.1) is 0 Å². The molecule has 0 radical (unpaired) electrons. The predicted octanol–water partition coefficient (Wildman–Crippen LogP) is 5.39. The number of methoxy groups -OCH3 is 1. The van der Waals surface area contributed by atoms with Gasteiger partial charge in [-0.3, -0.25) is 0 Å². The van der Waals surface area contributed by atoms with E-state index in [1.54, 1.807) is 12.1 Å². The molecule has 0 aliphatic heterocycles. The molecule has 134 valence electrons. The van der Waals surface area contributed by atoms with Crippen molar-refractivity contribution in [1.82, 2.24) is 4.98 Å². The topological polar surface area (TPSA) is 34.1 Å². The summed E-state index contributed by atoms with van der Waals surface area (Å²) in [5.74, 6) is 0.434. The maximum Gasteiger partial charge on any atom is 0.416 e. The Balaban J connectivity index is 1.90. The van der Waals surface area contributed by atoms with Crippen molar-refractivity contribution in [3.05, 3.63) is 78.0 Å². The number of alkyl halides is 3. The Labute approximate surface area is 149 Å². The summed E-state index contributed by atoms with van der Waals surface area (Å²) in [5, 5.41) is 3.25. The number of benzene rings is 2. The molecular formula is C20H17F3N2O. The summed E-state index contributed by atoms with van der Waals surface area (Å²) < 4.78 is 44.1. The van der Waals surface area contributed by atoms with Gasteiger partial charge in [0.15, 0.2) is 0 Å². The van der Waals surface area contributed by atoms with E-state index in [-0.39, 0.29) is 0 Å². The maximum absolute atomic E-state index is 12.9. The van der Waals surface area contributed by atoms with Gasteiger partial charge in [0.1, 0.15) is 0 Å². The van der Waals surface area contributed by atoms with Crippen LogP contribution in [0.4, 0.5) is 18.9 Å². The quantitative estimate of drug-likeness (QED) is 0.664. The molecule has 0 saturated carbocycles. The largest absolute Gasteiger partial charge is 0.481 e. The first kappa shape index (κ1) is 17.8. The molecule has 1 heterocycles. The first-order valence-corrected chi connectivity index (χ1v) is 7.97. The molecule has 0 unspecified atom stereocenters. The van der Waals surface area contributed by atoms with Crippen LogP contribution < -0.4 is 10.1 Å². The van der Waals surface area contributed by atoms with Gasteiger partial charge >= 0.3 is 6.18 Å². The zero-order chi connectivity index (χ0) is 18.6. The number of hydrogen-bond donors (Lipinski definition) is 1. The lowest BCUT2D eigenvalue weighted by atomic mass is 10.0. The minimum Gasteiger partial charge on any atom is -0.481 e. The van der Waals surface area contributed by atoms with Gasteiger partial charge in [-0.25, -0.2) is 4.98 Å². The molecule has 3 aromatic rings. The zero-order valence-corrected chi connectivity index (χ0v) is 14.0. The number of hydrogen-bond acceptors (Lipinski definition) is 3. The normalized spacial score (nSPS) is 11.2. The van der Waals surface area contributed by atoms with E-state index in [1.165, 1.54) is 19.4 Å². The highest BCUT2D eigenvalue weighted by Crippen LogP contribution is 2.33. The number of halogens is 3. The fourth-order valence-electron chi connectivity index (χ4n) is 2.59. The van der Waals surface area contributed by atoms with Gasteiger partial charge in [0, 0.05) is 29.6 Å². The van der Waals surface area contributed by atoms with Crippen LogP contribution in [0.15, 0.2) is 66.9 Å². The first-order chi connectivity index (χ1) is 12.5. The minimum atomic E-state index is -4.38.